The van der Waals surface area contributed by atoms with E-state index in [1.54, 1.807) is 18.3 Å². The molecule has 7 nitrogen and oxygen atoms in total. The van der Waals surface area contributed by atoms with Gasteiger partial charge in [0.05, 0.1) is 16.8 Å². The number of hydrogen-bond donors (Lipinski definition) is 3. The number of benzene rings is 2. The van der Waals surface area contributed by atoms with Crippen LogP contribution in [0.1, 0.15) is 5.56 Å². The standard InChI is InChI=1S/C17H14N4O3S/c1-18-25(23,24)12-4-5-15-13(8-12)14(17(22)20-15)6-10-2-3-11-9-19-21-16(11)7-10/h2-9,18,20,22H,1H3. The number of hydrogen-bond acceptors (Lipinski definition) is 5. The average molecular weight is 354 g/mol. The molecule has 8 heteroatoms. The van der Waals surface area contributed by atoms with E-state index in [4.69, 9.17) is 0 Å². The van der Waals surface area contributed by atoms with Gasteiger partial charge in [-0.25, -0.2) is 13.1 Å². The molecule has 0 amide bonds. The number of sulfonamides is 1. The normalized spacial score (nSPS) is 14.0. The van der Waals surface area contributed by atoms with Gasteiger partial charge in [-0.1, -0.05) is 12.1 Å². The van der Waals surface area contributed by atoms with Crippen molar-refractivity contribution in [3.05, 3.63) is 52.4 Å². The topological polar surface area (TPSA) is 107 Å². The molecule has 3 aromatic rings. The zero-order valence-corrected chi connectivity index (χ0v) is 14.0. The molecular formula is C17H14N4O3S. The van der Waals surface area contributed by atoms with Crippen LogP contribution in [0, 0.1) is 0 Å². The van der Waals surface area contributed by atoms with Crippen molar-refractivity contribution in [2.45, 2.75) is 4.90 Å². The van der Waals surface area contributed by atoms with Gasteiger partial charge in [0.2, 0.25) is 10.0 Å². The van der Waals surface area contributed by atoms with Crippen molar-refractivity contribution in [1.82, 2.24) is 9.71 Å². The van der Waals surface area contributed by atoms with Gasteiger partial charge in [0.1, 0.15) is 0 Å². The molecule has 1 aliphatic rings. The number of aromatic hydroxyl groups is 1. The second-order valence-electron chi connectivity index (χ2n) is 5.61. The highest BCUT2D eigenvalue weighted by Crippen LogP contribution is 2.29. The fraction of sp³-hybridized carbons (Fsp3) is 0.0588. The molecule has 0 radical (unpaired) electrons. The minimum atomic E-state index is -3.57. The van der Waals surface area contributed by atoms with E-state index in [-0.39, 0.29) is 10.8 Å². The minimum absolute atomic E-state index is 0.0253. The molecule has 0 saturated carbocycles. The molecule has 0 bridgehead atoms. The first-order valence-corrected chi connectivity index (χ1v) is 8.97. The van der Waals surface area contributed by atoms with Crippen LogP contribution in [-0.4, -0.2) is 25.6 Å². The summed E-state index contributed by atoms with van der Waals surface area (Å²) >= 11 is 0. The Morgan fingerprint density at radius 1 is 1.20 bits per heavy atom. The van der Waals surface area contributed by atoms with Crippen molar-refractivity contribution >= 4 is 38.9 Å². The maximum atomic E-state index is 12.0. The molecular weight excluding hydrogens is 340 g/mol. The summed E-state index contributed by atoms with van der Waals surface area (Å²) in [5, 5.41) is 20.5. The summed E-state index contributed by atoms with van der Waals surface area (Å²) in [6, 6.07) is 10.3. The summed E-state index contributed by atoms with van der Waals surface area (Å²) in [5.74, 6) is -0.0253. The number of fused-ring (bicyclic) bond motifs is 2. The van der Waals surface area contributed by atoms with Gasteiger partial charge in [-0.15, -0.1) is 0 Å². The van der Waals surface area contributed by atoms with E-state index >= 15 is 0 Å². The lowest BCUT2D eigenvalue weighted by Gasteiger charge is -2.02. The van der Waals surface area contributed by atoms with E-state index in [2.05, 4.69) is 19.9 Å². The number of aromatic nitrogens is 1. The fourth-order valence-corrected chi connectivity index (χ4v) is 3.53. The van der Waals surface area contributed by atoms with E-state index in [0.717, 1.165) is 16.1 Å². The van der Waals surface area contributed by atoms with Gasteiger partial charge in [-0.3, -0.25) is 0 Å². The van der Waals surface area contributed by atoms with Crippen molar-refractivity contribution < 1.29 is 13.5 Å². The SMILES string of the molecule is CNS(=O)(=O)c1ccc2[nH]c(O)c(C=c3ccc4c(c3)N=NC=4)c2c1. The van der Waals surface area contributed by atoms with Gasteiger partial charge >= 0.3 is 0 Å². The Kier molecular flexibility index (Phi) is 3.45. The zero-order chi connectivity index (χ0) is 17.6. The monoisotopic (exact) mass is 354 g/mol. The van der Waals surface area contributed by atoms with E-state index in [0.29, 0.717) is 16.5 Å². The third-order valence-corrected chi connectivity index (χ3v) is 5.51. The van der Waals surface area contributed by atoms with Crippen LogP contribution in [0.3, 0.4) is 0 Å². The molecule has 1 aliphatic heterocycles. The highest BCUT2D eigenvalue weighted by molar-refractivity contribution is 7.89. The molecule has 0 fully saturated rings. The second-order valence-corrected chi connectivity index (χ2v) is 7.50. The maximum Gasteiger partial charge on any atom is 0.240 e. The molecule has 3 N–H and O–H groups in total. The Morgan fingerprint density at radius 3 is 2.84 bits per heavy atom. The Hall–Kier alpha value is -2.97. The molecule has 126 valence electrons. The number of nitrogens with zero attached hydrogens (tertiary/aromatic N) is 2. The Bertz CT molecular complexity index is 1260. The molecule has 0 unspecified atom stereocenters. The van der Waals surface area contributed by atoms with Crippen LogP contribution in [0.5, 0.6) is 5.88 Å². The first-order chi connectivity index (χ1) is 12.0. The second kappa shape index (κ2) is 5.54. The van der Waals surface area contributed by atoms with Gasteiger partial charge in [0.15, 0.2) is 5.88 Å². The highest BCUT2D eigenvalue weighted by atomic mass is 32.2. The number of aromatic amines is 1. The predicted octanol–water partition coefficient (Wildman–Crippen LogP) is 1.45. The quantitative estimate of drug-likeness (QED) is 0.662. The summed E-state index contributed by atoms with van der Waals surface area (Å²) < 4.78 is 26.3. The molecule has 4 rings (SSSR count). The Labute approximate surface area is 143 Å². The van der Waals surface area contributed by atoms with Crippen molar-refractivity contribution in [2.24, 2.45) is 10.2 Å². The van der Waals surface area contributed by atoms with E-state index < -0.39 is 10.0 Å². The lowest BCUT2D eigenvalue weighted by Crippen LogP contribution is -2.18. The minimum Gasteiger partial charge on any atom is -0.494 e. The van der Waals surface area contributed by atoms with E-state index in [1.807, 2.05) is 18.2 Å². The molecule has 1 aromatic heterocycles. The summed E-state index contributed by atoms with van der Waals surface area (Å²) in [7, 11) is -2.21. The molecule has 2 heterocycles. The van der Waals surface area contributed by atoms with Gasteiger partial charge < -0.3 is 10.1 Å². The van der Waals surface area contributed by atoms with Crippen LogP contribution in [0.15, 0.2) is 51.5 Å². The van der Waals surface area contributed by atoms with Gasteiger partial charge in [-0.05, 0) is 42.6 Å². The van der Waals surface area contributed by atoms with Gasteiger partial charge in [0.25, 0.3) is 0 Å². The summed E-state index contributed by atoms with van der Waals surface area (Å²) in [6.07, 6.45) is 3.45. The van der Waals surface area contributed by atoms with Crippen LogP contribution in [0.2, 0.25) is 0 Å². The van der Waals surface area contributed by atoms with Crippen molar-refractivity contribution in [3.8, 4) is 5.88 Å². The summed E-state index contributed by atoms with van der Waals surface area (Å²) in [6.45, 7) is 0. The van der Waals surface area contributed by atoms with Gasteiger partial charge in [-0.2, -0.15) is 10.2 Å². The number of rotatable bonds is 3. The number of azo groups is 1. The molecule has 0 saturated heterocycles. The number of H-pyrrole nitrogens is 1. The highest BCUT2D eigenvalue weighted by Gasteiger charge is 2.15. The summed E-state index contributed by atoms with van der Waals surface area (Å²) in [4.78, 5) is 2.99. The van der Waals surface area contributed by atoms with E-state index in [9.17, 15) is 13.5 Å². The first-order valence-electron chi connectivity index (χ1n) is 7.49. The lowest BCUT2D eigenvalue weighted by atomic mass is 10.1. The molecule has 0 atom stereocenters. The smallest absolute Gasteiger partial charge is 0.240 e. The molecule has 2 aromatic carbocycles. The van der Waals surface area contributed by atoms with Crippen LogP contribution in [0.4, 0.5) is 5.69 Å². The van der Waals surface area contributed by atoms with Crippen LogP contribution in [-0.2, 0) is 10.0 Å². The molecule has 0 spiro atoms. The fourth-order valence-electron chi connectivity index (χ4n) is 2.77. The predicted molar refractivity (Wildman–Crippen MR) is 94.4 cm³/mol. The van der Waals surface area contributed by atoms with Crippen molar-refractivity contribution in [1.29, 1.82) is 0 Å². The molecule has 0 aliphatic carbocycles. The van der Waals surface area contributed by atoms with Gasteiger partial charge in [0, 0.05) is 21.7 Å². The average Bonchev–Trinajstić information content (AvgIpc) is 3.19. The number of nitrogens with one attached hydrogen (secondary N) is 2. The summed E-state index contributed by atoms with van der Waals surface area (Å²) in [5.41, 5.74) is 1.92. The Balaban J connectivity index is 1.94. The van der Waals surface area contributed by atoms with Crippen LogP contribution >= 0.6 is 0 Å². The largest absolute Gasteiger partial charge is 0.494 e. The van der Waals surface area contributed by atoms with Crippen molar-refractivity contribution in [3.63, 3.8) is 0 Å². The third-order valence-electron chi connectivity index (χ3n) is 4.10. The van der Waals surface area contributed by atoms with Crippen LogP contribution in [0.25, 0.3) is 23.2 Å². The van der Waals surface area contributed by atoms with E-state index in [1.165, 1.54) is 19.2 Å². The van der Waals surface area contributed by atoms with Crippen molar-refractivity contribution in [2.75, 3.05) is 7.05 Å². The Morgan fingerprint density at radius 2 is 2.04 bits per heavy atom. The first kappa shape index (κ1) is 15.6. The lowest BCUT2D eigenvalue weighted by molar-refractivity contribution is 0.457. The third kappa shape index (κ3) is 2.61. The molecule has 25 heavy (non-hydrogen) atoms. The van der Waals surface area contributed by atoms with Crippen LogP contribution < -0.4 is 15.2 Å². The zero-order valence-electron chi connectivity index (χ0n) is 13.2. The maximum absolute atomic E-state index is 12.0.